The molecule has 3 unspecified atom stereocenters. The van der Waals surface area contributed by atoms with Gasteiger partial charge in [0.1, 0.15) is 0 Å². The Kier molecular flexibility index (Phi) is 9.25. The van der Waals surface area contributed by atoms with Crippen LogP contribution in [0.5, 0.6) is 0 Å². The monoisotopic (exact) mass is 444 g/mol. The molecule has 0 radical (unpaired) electrons. The summed E-state index contributed by atoms with van der Waals surface area (Å²) in [6, 6.07) is 0. The van der Waals surface area contributed by atoms with Crippen molar-refractivity contribution >= 4 is 53.5 Å². The maximum absolute atomic E-state index is 12.2. The van der Waals surface area contributed by atoms with Crippen LogP contribution in [-0.4, -0.2) is 63.3 Å². The zero-order chi connectivity index (χ0) is 19.6. The Morgan fingerprint density at radius 1 is 1.30 bits per heavy atom. The van der Waals surface area contributed by atoms with Gasteiger partial charge in [-0.15, -0.1) is 10.2 Å². The molecule has 3 atom stereocenters. The van der Waals surface area contributed by atoms with E-state index in [1.54, 1.807) is 13.8 Å². The van der Waals surface area contributed by atoms with E-state index in [9.17, 15) is 19.0 Å². The van der Waals surface area contributed by atoms with E-state index in [4.69, 9.17) is 0 Å². The molecule has 0 spiro atoms. The number of hydrogen-bond donors (Lipinski definition) is 0. The number of carbonyl (C=O) groups excluding carboxylic acids is 2. The summed E-state index contributed by atoms with van der Waals surface area (Å²) >= 11 is 2.03. The Bertz CT molecular complexity index is 748. The topological polar surface area (TPSA) is 124 Å². The van der Waals surface area contributed by atoms with E-state index >= 15 is 0 Å². The molecule has 27 heavy (non-hydrogen) atoms. The minimum Gasteiger partial charge on any atom is -0.756 e. The van der Waals surface area contributed by atoms with Crippen LogP contribution < -0.4 is 34.5 Å². The molecule has 2 heterocycles. The normalized spacial score (nSPS) is 28.0. The van der Waals surface area contributed by atoms with Crippen LogP contribution in [0, 0.1) is 0 Å². The van der Waals surface area contributed by atoms with Gasteiger partial charge in [0.2, 0.25) is 5.91 Å². The summed E-state index contributed by atoms with van der Waals surface area (Å²) in [5.74, 6) is -0.710. The van der Waals surface area contributed by atoms with Gasteiger partial charge < -0.3 is 9.42 Å². The molecule has 0 aromatic rings. The molecule has 0 aromatic carbocycles. The second-order valence-electron chi connectivity index (χ2n) is 5.49. The van der Waals surface area contributed by atoms with Gasteiger partial charge in [-0.25, -0.2) is 0 Å². The molecule has 14 heteroatoms. The van der Waals surface area contributed by atoms with Crippen molar-refractivity contribution in [2.24, 2.45) is 10.2 Å². The molecular weight excluding hydrogens is 426 g/mol. The first-order chi connectivity index (χ1) is 12.1. The summed E-state index contributed by atoms with van der Waals surface area (Å²) in [5, 5.41) is 8.28. The standard InChI is InChI=1S/C13H19N4O6PS2.Na/c1-7(2)6-17-9(18)8(3)25-13(17)15-14-12-16(4)10(19)11(26-12)23-24(20,21)22-5;/h8,11H,1,6H2,2-5H3,(H,20,21);/q;+1/p-1. The number of amidine groups is 2. The van der Waals surface area contributed by atoms with Crippen molar-refractivity contribution in [3.8, 4) is 0 Å². The number of nitrogens with zero attached hydrogens (tertiary/aromatic N) is 4. The van der Waals surface area contributed by atoms with Crippen molar-refractivity contribution in [1.82, 2.24) is 9.80 Å². The number of phosphoric ester groups is 1. The molecule has 2 rings (SSSR count). The predicted molar refractivity (Wildman–Crippen MR) is 98.3 cm³/mol. The fourth-order valence-electron chi connectivity index (χ4n) is 1.96. The second kappa shape index (κ2) is 10.0. The molecule has 2 aliphatic heterocycles. The summed E-state index contributed by atoms with van der Waals surface area (Å²) in [6.07, 6.45) is 0. The molecule has 0 N–H and O–H groups in total. The Morgan fingerprint density at radius 2 is 1.89 bits per heavy atom. The maximum Gasteiger partial charge on any atom is 1.00 e. The van der Waals surface area contributed by atoms with Gasteiger partial charge in [-0.2, -0.15) is 0 Å². The number of rotatable bonds is 6. The Morgan fingerprint density at radius 3 is 2.44 bits per heavy atom. The van der Waals surface area contributed by atoms with Crippen LogP contribution in [0.2, 0.25) is 0 Å². The molecule has 2 fully saturated rings. The van der Waals surface area contributed by atoms with Crippen LogP contribution in [-0.2, 0) is 23.2 Å². The van der Waals surface area contributed by atoms with Gasteiger partial charge in [-0.3, -0.25) is 28.5 Å². The van der Waals surface area contributed by atoms with Crippen LogP contribution in [0.4, 0.5) is 0 Å². The first kappa shape index (κ1) is 24.9. The van der Waals surface area contributed by atoms with Gasteiger partial charge in [0.05, 0.1) is 5.25 Å². The fourth-order valence-corrected chi connectivity index (χ4v) is 4.56. The zero-order valence-electron chi connectivity index (χ0n) is 15.6. The minimum atomic E-state index is -4.57. The zero-order valence-corrected chi connectivity index (χ0v) is 20.1. The molecule has 0 saturated carbocycles. The van der Waals surface area contributed by atoms with Crippen LogP contribution in [0.3, 0.4) is 0 Å². The van der Waals surface area contributed by atoms with Crippen LogP contribution in [0.1, 0.15) is 13.8 Å². The van der Waals surface area contributed by atoms with Crippen molar-refractivity contribution in [3.05, 3.63) is 12.2 Å². The predicted octanol–water partition coefficient (Wildman–Crippen LogP) is -2.18. The third-order valence-electron chi connectivity index (χ3n) is 3.26. The van der Waals surface area contributed by atoms with E-state index < -0.39 is 19.2 Å². The number of amides is 2. The van der Waals surface area contributed by atoms with E-state index in [1.165, 1.54) is 23.7 Å². The quantitative estimate of drug-likeness (QED) is 0.196. The summed E-state index contributed by atoms with van der Waals surface area (Å²) < 4.78 is 20.3. The Labute approximate surface area is 187 Å². The van der Waals surface area contributed by atoms with E-state index in [2.05, 4.69) is 25.8 Å². The summed E-state index contributed by atoms with van der Waals surface area (Å²) in [7, 11) is -2.21. The van der Waals surface area contributed by atoms with Crippen molar-refractivity contribution in [2.75, 3.05) is 20.7 Å². The summed E-state index contributed by atoms with van der Waals surface area (Å²) in [4.78, 5) is 38.2. The van der Waals surface area contributed by atoms with Crippen molar-refractivity contribution in [1.29, 1.82) is 0 Å². The fraction of sp³-hybridized carbons (Fsp3) is 0.538. The molecule has 0 bridgehead atoms. The summed E-state index contributed by atoms with van der Waals surface area (Å²) in [6.45, 7) is 7.66. The van der Waals surface area contributed by atoms with Crippen molar-refractivity contribution < 1.29 is 57.7 Å². The van der Waals surface area contributed by atoms with Gasteiger partial charge in [0.25, 0.3) is 13.7 Å². The van der Waals surface area contributed by atoms with Crippen LogP contribution in [0.25, 0.3) is 0 Å². The van der Waals surface area contributed by atoms with Crippen molar-refractivity contribution in [2.45, 2.75) is 24.5 Å². The average molecular weight is 444 g/mol. The van der Waals surface area contributed by atoms with Crippen LogP contribution >= 0.6 is 31.3 Å². The Hall–Kier alpha value is -0.170. The molecule has 0 aliphatic carbocycles. The number of thioether (sulfide) groups is 2. The maximum atomic E-state index is 12.2. The third kappa shape index (κ3) is 6.15. The minimum absolute atomic E-state index is 0. The van der Waals surface area contributed by atoms with Crippen LogP contribution in [0.15, 0.2) is 22.4 Å². The second-order valence-corrected chi connectivity index (χ2v) is 9.30. The molecule has 2 amide bonds. The van der Waals surface area contributed by atoms with Gasteiger partial charge >= 0.3 is 29.6 Å². The molecule has 10 nitrogen and oxygen atoms in total. The molecule has 144 valence electrons. The van der Waals surface area contributed by atoms with E-state index in [1.807, 2.05) is 0 Å². The Balaban J connectivity index is 0.00000364. The SMILES string of the molecule is C=C(C)CN1C(=O)C(C)SC1=NN=C1SC(OP(=O)([O-])OC)C(=O)N1C.[Na+]. The third-order valence-corrected chi connectivity index (χ3v) is 6.46. The molecular formula is C13H18N4NaO6PS2. The van der Waals surface area contributed by atoms with E-state index in [-0.39, 0.29) is 45.9 Å². The first-order valence-electron chi connectivity index (χ1n) is 7.33. The smallest absolute Gasteiger partial charge is 0.756 e. The van der Waals surface area contributed by atoms with Crippen molar-refractivity contribution in [3.63, 3.8) is 0 Å². The van der Waals surface area contributed by atoms with Gasteiger partial charge in [-0.05, 0) is 25.6 Å². The first-order valence-corrected chi connectivity index (χ1v) is 10.5. The largest absolute Gasteiger partial charge is 1.00 e. The number of carbonyl (C=O) groups is 2. The molecule has 2 aliphatic rings. The number of hydrogen-bond acceptors (Lipinski definition) is 10. The van der Waals surface area contributed by atoms with E-state index in [0.29, 0.717) is 11.7 Å². The van der Waals surface area contributed by atoms with Gasteiger partial charge in [0, 0.05) is 20.7 Å². The molecule has 0 aromatic heterocycles. The van der Waals surface area contributed by atoms with Gasteiger partial charge in [-0.1, -0.05) is 23.9 Å². The van der Waals surface area contributed by atoms with E-state index in [0.717, 1.165) is 29.3 Å². The average Bonchev–Trinajstić information content (AvgIpc) is 2.97. The number of likely N-dealkylation sites (N-methyl/N-ethyl adjacent to an activating group) is 1. The number of phosphoric acid groups is 1. The molecule has 2 saturated heterocycles. The van der Waals surface area contributed by atoms with Gasteiger partial charge in [0.15, 0.2) is 15.8 Å². The summed E-state index contributed by atoms with van der Waals surface area (Å²) in [5.41, 5.74) is -0.541.